The van der Waals surface area contributed by atoms with Gasteiger partial charge >= 0.3 is 0 Å². The van der Waals surface area contributed by atoms with Crippen molar-refractivity contribution in [3.05, 3.63) is 53.6 Å². The number of sulfonamides is 1. The molecule has 1 amide bonds. The highest BCUT2D eigenvalue weighted by Crippen LogP contribution is 2.25. The fraction of sp³-hybridized carbons (Fsp3) is 0.381. The van der Waals surface area contributed by atoms with E-state index < -0.39 is 10.0 Å². The minimum absolute atomic E-state index is 0.179. The van der Waals surface area contributed by atoms with Gasteiger partial charge in [0.1, 0.15) is 5.75 Å². The van der Waals surface area contributed by atoms with Gasteiger partial charge in [-0.3, -0.25) is 9.10 Å². The van der Waals surface area contributed by atoms with Gasteiger partial charge in [-0.15, -0.1) is 0 Å². The summed E-state index contributed by atoms with van der Waals surface area (Å²) in [5.41, 5.74) is 3.14. The maximum Gasteiger partial charge on any atom is 0.232 e. The molecule has 28 heavy (non-hydrogen) atoms. The van der Waals surface area contributed by atoms with Crippen LogP contribution >= 0.6 is 0 Å². The van der Waals surface area contributed by atoms with Crippen LogP contribution in [-0.2, 0) is 14.8 Å². The molecule has 0 aliphatic rings. The van der Waals surface area contributed by atoms with Crippen LogP contribution in [-0.4, -0.2) is 33.7 Å². The molecule has 6 nitrogen and oxygen atoms in total. The van der Waals surface area contributed by atoms with E-state index in [2.05, 4.69) is 5.32 Å². The van der Waals surface area contributed by atoms with Crippen LogP contribution in [0.15, 0.2) is 42.5 Å². The van der Waals surface area contributed by atoms with Crippen molar-refractivity contribution in [2.24, 2.45) is 0 Å². The lowest BCUT2D eigenvalue weighted by molar-refractivity contribution is -0.116. The second kappa shape index (κ2) is 9.59. The van der Waals surface area contributed by atoms with Crippen molar-refractivity contribution in [1.82, 2.24) is 0 Å². The zero-order valence-electron chi connectivity index (χ0n) is 16.9. The van der Waals surface area contributed by atoms with Gasteiger partial charge in [0.05, 0.1) is 24.2 Å². The molecule has 0 unspecified atom stereocenters. The van der Waals surface area contributed by atoms with Gasteiger partial charge in [0.15, 0.2) is 0 Å². The van der Waals surface area contributed by atoms with Crippen LogP contribution in [0.25, 0.3) is 0 Å². The van der Waals surface area contributed by atoms with E-state index >= 15 is 0 Å². The SMILES string of the molecule is CCOc1ccccc1NC(=O)CCCN(c1cc(C)ccc1C)S(C)(=O)=O. The molecule has 0 fully saturated rings. The van der Waals surface area contributed by atoms with Gasteiger partial charge in [-0.05, 0) is 56.5 Å². The molecule has 2 aromatic carbocycles. The number of para-hydroxylation sites is 2. The molecule has 0 atom stereocenters. The zero-order valence-corrected chi connectivity index (χ0v) is 17.7. The maximum atomic E-state index is 12.3. The smallest absolute Gasteiger partial charge is 0.232 e. The third-order valence-corrected chi connectivity index (χ3v) is 5.44. The Balaban J connectivity index is 2.03. The summed E-state index contributed by atoms with van der Waals surface area (Å²) in [6.45, 7) is 6.43. The van der Waals surface area contributed by atoms with Gasteiger partial charge in [0, 0.05) is 13.0 Å². The number of nitrogens with one attached hydrogen (secondary N) is 1. The molecule has 2 aromatic rings. The molecule has 0 heterocycles. The first-order chi connectivity index (χ1) is 13.2. The summed E-state index contributed by atoms with van der Waals surface area (Å²) in [4.78, 5) is 12.3. The number of ether oxygens (including phenoxy) is 1. The van der Waals surface area contributed by atoms with Crippen LogP contribution in [0.2, 0.25) is 0 Å². The molecule has 2 rings (SSSR count). The second-order valence-electron chi connectivity index (χ2n) is 6.71. The first-order valence-electron chi connectivity index (χ1n) is 9.29. The average Bonchev–Trinajstić information content (AvgIpc) is 2.62. The van der Waals surface area contributed by atoms with Crippen LogP contribution in [0, 0.1) is 13.8 Å². The molecule has 7 heteroatoms. The molecule has 1 N–H and O–H groups in total. The summed E-state index contributed by atoms with van der Waals surface area (Å²) in [6.07, 6.45) is 1.80. The topological polar surface area (TPSA) is 75.7 Å². The Bertz CT molecular complexity index is 926. The number of carbonyl (C=O) groups excluding carboxylic acids is 1. The Labute approximate surface area is 167 Å². The van der Waals surface area contributed by atoms with Crippen molar-refractivity contribution in [3.8, 4) is 5.75 Å². The molecule has 0 bridgehead atoms. The highest BCUT2D eigenvalue weighted by molar-refractivity contribution is 7.92. The number of hydrogen-bond acceptors (Lipinski definition) is 4. The third-order valence-electron chi connectivity index (χ3n) is 4.26. The maximum absolute atomic E-state index is 12.3. The van der Waals surface area contributed by atoms with Crippen LogP contribution < -0.4 is 14.4 Å². The predicted molar refractivity (Wildman–Crippen MR) is 114 cm³/mol. The van der Waals surface area contributed by atoms with Crippen molar-refractivity contribution >= 4 is 27.3 Å². The van der Waals surface area contributed by atoms with Crippen molar-refractivity contribution in [1.29, 1.82) is 0 Å². The quantitative estimate of drug-likeness (QED) is 0.688. The van der Waals surface area contributed by atoms with Crippen molar-refractivity contribution in [2.75, 3.05) is 29.0 Å². The van der Waals surface area contributed by atoms with Crippen LogP contribution in [0.3, 0.4) is 0 Å². The summed E-state index contributed by atoms with van der Waals surface area (Å²) in [5, 5.41) is 2.84. The summed E-state index contributed by atoms with van der Waals surface area (Å²) in [6, 6.07) is 12.9. The summed E-state index contributed by atoms with van der Waals surface area (Å²) >= 11 is 0. The van der Waals surface area contributed by atoms with E-state index in [1.165, 1.54) is 10.6 Å². The van der Waals surface area contributed by atoms with Gasteiger partial charge in [-0.2, -0.15) is 0 Å². The Morgan fingerprint density at radius 3 is 2.54 bits per heavy atom. The van der Waals surface area contributed by atoms with E-state index in [9.17, 15) is 13.2 Å². The summed E-state index contributed by atoms with van der Waals surface area (Å²) in [5.74, 6) is 0.438. The molecule has 0 spiro atoms. The fourth-order valence-corrected chi connectivity index (χ4v) is 3.91. The Morgan fingerprint density at radius 1 is 1.14 bits per heavy atom. The van der Waals surface area contributed by atoms with Gasteiger partial charge in [-0.1, -0.05) is 24.3 Å². The summed E-state index contributed by atoms with van der Waals surface area (Å²) in [7, 11) is -3.45. The Hall–Kier alpha value is -2.54. The molecule has 0 radical (unpaired) electrons. The number of rotatable bonds is 9. The lowest BCUT2D eigenvalue weighted by Crippen LogP contribution is -2.32. The molecule has 0 saturated carbocycles. The van der Waals surface area contributed by atoms with Crippen LogP contribution in [0.1, 0.15) is 30.9 Å². The largest absolute Gasteiger partial charge is 0.492 e. The van der Waals surface area contributed by atoms with Gasteiger partial charge < -0.3 is 10.1 Å². The van der Waals surface area contributed by atoms with Gasteiger partial charge in [0.2, 0.25) is 15.9 Å². The van der Waals surface area contributed by atoms with E-state index in [-0.39, 0.29) is 18.9 Å². The van der Waals surface area contributed by atoms with E-state index in [4.69, 9.17) is 4.74 Å². The number of nitrogens with zero attached hydrogens (tertiary/aromatic N) is 1. The first-order valence-corrected chi connectivity index (χ1v) is 11.1. The Morgan fingerprint density at radius 2 is 1.86 bits per heavy atom. The standard InChI is InChI=1S/C21H28N2O4S/c1-5-27-20-10-7-6-9-18(20)22-21(24)11-8-14-23(28(4,25)26)19-15-16(2)12-13-17(19)3/h6-7,9-10,12-13,15H,5,8,11,14H2,1-4H3,(H,22,24). The molecule has 0 aliphatic carbocycles. The van der Waals surface area contributed by atoms with E-state index in [1.807, 2.05) is 51.1 Å². The minimum Gasteiger partial charge on any atom is -0.492 e. The van der Waals surface area contributed by atoms with E-state index in [0.717, 1.165) is 11.1 Å². The average molecular weight is 405 g/mol. The van der Waals surface area contributed by atoms with E-state index in [0.29, 0.717) is 30.2 Å². The number of anilines is 2. The predicted octanol–water partition coefficient (Wildman–Crippen LogP) is 3.89. The molecular weight excluding hydrogens is 376 g/mol. The van der Waals surface area contributed by atoms with E-state index in [1.54, 1.807) is 12.1 Å². The lowest BCUT2D eigenvalue weighted by Gasteiger charge is -2.24. The number of amides is 1. The Kier molecular flexibility index (Phi) is 7.45. The van der Waals surface area contributed by atoms with Gasteiger partial charge in [0.25, 0.3) is 0 Å². The van der Waals surface area contributed by atoms with Crippen molar-refractivity contribution in [3.63, 3.8) is 0 Å². The van der Waals surface area contributed by atoms with Gasteiger partial charge in [-0.25, -0.2) is 8.42 Å². The lowest BCUT2D eigenvalue weighted by atomic mass is 10.1. The number of aryl methyl sites for hydroxylation is 2. The number of benzene rings is 2. The fourth-order valence-electron chi connectivity index (χ4n) is 2.90. The zero-order chi connectivity index (χ0) is 20.7. The van der Waals surface area contributed by atoms with Crippen LogP contribution in [0.5, 0.6) is 5.75 Å². The first kappa shape index (κ1) is 21.8. The second-order valence-corrected chi connectivity index (χ2v) is 8.61. The number of carbonyl (C=O) groups is 1. The highest BCUT2D eigenvalue weighted by Gasteiger charge is 2.19. The highest BCUT2D eigenvalue weighted by atomic mass is 32.2. The normalized spacial score (nSPS) is 11.1. The summed E-state index contributed by atoms with van der Waals surface area (Å²) < 4.78 is 31.5. The van der Waals surface area contributed by atoms with Crippen molar-refractivity contribution < 1.29 is 17.9 Å². The van der Waals surface area contributed by atoms with Crippen molar-refractivity contribution in [2.45, 2.75) is 33.6 Å². The molecule has 0 saturated heterocycles. The molecule has 0 aliphatic heterocycles. The number of hydrogen-bond donors (Lipinski definition) is 1. The minimum atomic E-state index is -3.45. The molecule has 0 aromatic heterocycles. The monoisotopic (exact) mass is 404 g/mol. The van der Waals surface area contributed by atoms with Crippen LogP contribution in [0.4, 0.5) is 11.4 Å². The third kappa shape index (κ3) is 5.99. The molecule has 152 valence electrons. The molecular formula is C21H28N2O4S.